The van der Waals surface area contributed by atoms with Gasteiger partial charge in [0.25, 0.3) is 0 Å². The summed E-state index contributed by atoms with van der Waals surface area (Å²) in [5.74, 6) is 0.0804. The molecule has 0 radical (unpaired) electrons. The van der Waals surface area contributed by atoms with Gasteiger partial charge in [0.1, 0.15) is 6.04 Å². The number of hydrogen-bond acceptors (Lipinski definition) is 4. The smallest absolute Gasteiger partial charge is 0.324 e. The number of ether oxygens (including phenoxy) is 1. The van der Waals surface area contributed by atoms with Gasteiger partial charge in [0.05, 0.1) is 7.11 Å². The fraction of sp³-hybridized carbons (Fsp3) is 0.857. The van der Waals surface area contributed by atoms with Crippen molar-refractivity contribution in [2.45, 2.75) is 25.9 Å². The molecule has 11 heavy (non-hydrogen) atoms. The number of carbonyl (C=O) groups is 1. The zero-order valence-electron chi connectivity index (χ0n) is 7.05. The van der Waals surface area contributed by atoms with E-state index in [0.29, 0.717) is 6.04 Å². The average molecular weight is 158 g/mol. The summed E-state index contributed by atoms with van der Waals surface area (Å²) < 4.78 is 4.61. The predicted molar refractivity (Wildman–Crippen MR) is 40.7 cm³/mol. The number of rotatable bonds is 1. The van der Waals surface area contributed by atoms with Crippen LogP contribution in [-0.2, 0) is 9.53 Å². The zero-order valence-corrected chi connectivity index (χ0v) is 7.05. The SMILES string of the molecule is COC(=O)C1NNC(C)C1C. The highest BCUT2D eigenvalue weighted by Crippen LogP contribution is 2.14. The fourth-order valence-electron chi connectivity index (χ4n) is 1.17. The first-order valence-electron chi connectivity index (χ1n) is 3.75. The first-order valence-corrected chi connectivity index (χ1v) is 3.75. The number of carbonyl (C=O) groups excluding carboxylic acids is 1. The molecule has 1 fully saturated rings. The van der Waals surface area contributed by atoms with E-state index in [4.69, 9.17) is 0 Å². The van der Waals surface area contributed by atoms with Crippen molar-refractivity contribution in [3.63, 3.8) is 0 Å². The van der Waals surface area contributed by atoms with Gasteiger partial charge in [0.2, 0.25) is 0 Å². The summed E-state index contributed by atoms with van der Waals surface area (Å²) in [6.45, 7) is 4.04. The van der Waals surface area contributed by atoms with Crippen LogP contribution in [0.3, 0.4) is 0 Å². The lowest BCUT2D eigenvalue weighted by Gasteiger charge is -2.12. The second-order valence-electron chi connectivity index (χ2n) is 2.94. The summed E-state index contributed by atoms with van der Waals surface area (Å²) in [6.07, 6.45) is 0. The molecule has 0 aromatic carbocycles. The summed E-state index contributed by atoms with van der Waals surface area (Å²) in [7, 11) is 1.40. The molecule has 1 saturated heterocycles. The summed E-state index contributed by atoms with van der Waals surface area (Å²) >= 11 is 0. The van der Waals surface area contributed by atoms with Crippen molar-refractivity contribution in [1.29, 1.82) is 0 Å². The van der Waals surface area contributed by atoms with Gasteiger partial charge in [-0.15, -0.1) is 0 Å². The number of methoxy groups -OCH3 is 1. The second kappa shape index (κ2) is 3.19. The molecule has 1 rings (SSSR count). The molecule has 0 aromatic rings. The lowest BCUT2D eigenvalue weighted by molar-refractivity contribution is -0.143. The van der Waals surface area contributed by atoms with Crippen LogP contribution in [0.5, 0.6) is 0 Å². The largest absolute Gasteiger partial charge is 0.468 e. The second-order valence-corrected chi connectivity index (χ2v) is 2.94. The van der Waals surface area contributed by atoms with Gasteiger partial charge in [0.15, 0.2) is 0 Å². The molecule has 3 unspecified atom stereocenters. The van der Waals surface area contributed by atoms with Crippen LogP contribution in [0.1, 0.15) is 13.8 Å². The zero-order chi connectivity index (χ0) is 8.43. The highest BCUT2D eigenvalue weighted by Gasteiger charge is 2.34. The van der Waals surface area contributed by atoms with E-state index in [9.17, 15) is 4.79 Å². The topological polar surface area (TPSA) is 50.4 Å². The summed E-state index contributed by atoms with van der Waals surface area (Å²) in [5, 5.41) is 0. The van der Waals surface area contributed by atoms with Crippen LogP contribution < -0.4 is 10.9 Å². The Morgan fingerprint density at radius 1 is 1.36 bits per heavy atom. The van der Waals surface area contributed by atoms with Crippen LogP contribution in [0, 0.1) is 5.92 Å². The van der Waals surface area contributed by atoms with Crippen LogP contribution in [0.4, 0.5) is 0 Å². The molecule has 1 heterocycles. The van der Waals surface area contributed by atoms with Crippen molar-refractivity contribution in [3.8, 4) is 0 Å². The average Bonchev–Trinajstić information content (AvgIpc) is 2.32. The predicted octanol–water partition coefficient (Wildman–Crippen LogP) is -0.340. The Hall–Kier alpha value is -0.610. The molecule has 4 nitrogen and oxygen atoms in total. The molecule has 1 aliphatic rings. The minimum Gasteiger partial charge on any atom is -0.468 e. The third kappa shape index (κ3) is 1.52. The highest BCUT2D eigenvalue weighted by atomic mass is 16.5. The minimum absolute atomic E-state index is 0.199. The molecule has 0 bridgehead atoms. The minimum atomic E-state index is -0.200. The molecule has 2 N–H and O–H groups in total. The van der Waals surface area contributed by atoms with Crippen molar-refractivity contribution < 1.29 is 9.53 Å². The first kappa shape index (κ1) is 8.49. The Balaban J connectivity index is 2.54. The Morgan fingerprint density at radius 3 is 2.36 bits per heavy atom. The lowest BCUT2D eigenvalue weighted by atomic mass is 9.98. The molecular weight excluding hydrogens is 144 g/mol. The van der Waals surface area contributed by atoms with E-state index in [1.807, 2.05) is 13.8 Å². The fourth-order valence-corrected chi connectivity index (χ4v) is 1.17. The molecule has 4 heteroatoms. The Kier molecular flexibility index (Phi) is 2.46. The maximum atomic E-state index is 11.0. The maximum Gasteiger partial charge on any atom is 0.324 e. The third-order valence-corrected chi connectivity index (χ3v) is 2.24. The lowest BCUT2D eigenvalue weighted by Crippen LogP contribution is -2.38. The van der Waals surface area contributed by atoms with Crippen molar-refractivity contribution >= 4 is 5.97 Å². The van der Waals surface area contributed by atoms with Gasteiger partial charge in [0, 0.05) is 6.04 Å². The molecule has 0 spiro atoms. The monoisotopic (exact) mass is 158 g/mol. The van der Waals surface area contributed by atoms with Gasteiger partial charge in [-0.05, 0) is 12.8 Å². The Bertz CT molecular complexity index is 161. The Morgan fingerprint density at radius 2 is 2.00 bits per heavy atom. The van der Waals surface area contributed by atoms with E-state index in [1.54, 1.807) is 0 Å². The molecular formula is C7H14N2O2. The molecule has 0 amide bonds. The molecule has 0 aromatic heterocycles. The molecule has 1 aliphatic heterocycles. The normalized spacial score (nSPS) is 37.2. The Labute approximate surface area is 66.3 Å². The molecule has 0 saturated carbocycles. The highest BCUT2D eigenvalue weighted by molar-refractivity contribution is 5.76. The van der Waals surface area contributed by atoms with Crippen molar-refractivity contribution in [3.05, 3.63) is 0 Å². The summed E-state index contributed by atoms with van der Waals surface area (Å²) in [4.78, 5) is 11.0. The van der Waals surface area contributed by atoms with E-state index >= 15 is 0 Å². The van der Waals surface area contributed by atoms with Crippen LogP contribution in [0.15, 0.2) is 0 Å². The number of hydrogen-bond donors (Lipinski definition) is 2. The van der Waals surface area contributed by atoms with E-state index in [0.717, 1.165) is 0 Å². The van der Waals surface area contributed by atoms with Gasteiger partial charge in [-0.3, -0.25) is 10.2 Å². The summed E-state index contributed by atoms with van der Waals surface area (Å²) in [6, 6.07) is 0.120. The first-order chi connectivity index (χ1) is 5.16. The number of nitrogens with one attached hydrogen (secondary N) is 2. The van der Waals surface area contributed by atoms with Gasteiger partial charge < -0.3 is 4.74 Å². The quantitative estimate of drug-likeness (QED) is 0.513. The maximum absolute atomic E-state index is 11.0. The van der Waals surface area contributed by atoms with Crippen LogP contribution in [0.2, 0.25) is 0 Å². The molecule has 0 aliphatic carbocycles. The third-order valence-electron chi connectivity index (χ3n) is 2.24. The van der Waals surface area contributed by atoms with E-state index in [2.05, 4.69) is 15.6 Å². The van der Waals surface area contributed by atoms with Gasteiger partial charge in [-0.1, -0.05) is 6.92 Å². The van der Waals surface area contributed by atoms with E-state index < -0.39 is 0 Å². The van der Waals surface area contributed by atoms with Gasteiger partial charge in [-0.2, -0.15) is 0 Å². The van der Waals surface area contributed by atoms with Gasteiger partial charge in [-0.25, -0.2) is 5.43 Å². The molecule has 3 atom stereocenters. The van der Waals surface area contributed by atoms with Crippen molar-refractivity contribution in [2.24, 2.45) is 5.92 Å². The van der Waals surface area contributed by atoms with Crippen molar-refractivity contribution in [2.75, 3.05) is 7.11 Å². The van der Waals surface area contributed by atoms with Crippen LogP contribution >= 0.6 is 0 Å². The van der Waals surface area contributed by atoms with E-state index in [1.165, 1.54) is 7.11 Å². The van der Waals surface area contributed by atoms with Crippen LogP contribution in [-0.4, -0.2) is 25.2 Å². The standard InChI is InChI=1S/C7H14N2O2/c1-4-5(2)8-9-6(4)7(10)11-3/h4-6,8-9H,1-3H3. The number of hydrazine groups is 1. The summed E-state index contributed by atoms with van der Waals surface area (Å²) in [5.41, 5.74) is 5.87. The molecule has 64 valence electrons. The van der Waals surface area contributed by atoms with Gasteiger partial charge >= 0.3 is 5.97 Å². The van der Waals surface area contributed by atoms with Crippen LogP contribution in [0.25, 0.3) is 0 Å². The van der Waals surface area contributed by atoms with Crippen molar-refractivity contribution in [1.82, 2.24) is 10.9 Å². The van der Waals surface area contributed by atoms with E-state index in [-0.39, 0.29) is 17.9 Å². The number of esters is 1.